The number of hydrogen-bond donors (Lipinski definition) is 1. The van der Waals surface area contributed by atoms with Crippen LogP contribution in [-0.2, 0) is 12.8 Å². The number of nitrogens with zero attached hydrogens (tertiary/aromatic N) is 2. The fourth-order valence-electron chi connectivity index (χ4n) is 3.42. The molecule has 0 spiro atoms. The van der Waals surface area contributed by atoms with Gasteiger partial charge in [-0.25, -0.2) is 0 Å². The van der Waals surface area contributed by atoms with Crippen molar-refractivity contribution in [1.29, 1.82) is 0 Å². The molecule has 1 aromatic carbocycles. The molecule has 2 N–H and O–H groups in total. The average molecular weight is 269 g/mol. The Hall–Kier alpha value is -1.68. The van der Waals surface area contributed by atoms with Gasteiger partial charge in [0.05, 0.1) is 5.92 Å². The van der Waals surface area contributed by atoms with Gasteiger partial charge in [-0.15, -0.1) is 0 Å². The average Bonchev–Trinajstić information content (AvgIpc) is 2.83. The fourth-order valence-corrected chi connectivity index (χ4v) is 3.42. The molecule has 1 fully saturated rings. The van der Waals surface area contributed by atoms with Crippen LogP contribution in [0.25, 0.3) is 0 Å². The molecule has 2 aromatic rings. The van der Waals surface area contributed by atoms with Gasteiger partial charge >= 0.3 is 0 Å². The fraction of sp³-hybridized carbons (Fsp3) is 0.500. The smallest absolute Gasteiger partial charge is 0.227 e. The lowest BCUT2D eigenvalue weighted by molar-refractivity contribution is 0.129. The molecule has 1 heterocycles. The van der Waals surface area contributed by atoms with Gasteiger partial charge in [0.15, 0.2) is 5.82 Å². The van der Waals surface area contributed by atoms with Gasteiger partial charge in [0.25, 0.3) is 0 Å². The van der Waals surface area contributed by atoms with Gasteiger partial charge < -0.3 is 10.3 Å². The highest BCUT2D eigenvalue weighted by atomic mass is 16.5. The Bertz CT molecular complexity index is 625. The van der Waals surface area contributed by atoms with Crippen LogP contribution in [-0.4, -0.2) is 16.7 Å². The quantitative estimate of drug-likeness (QED) is 0.925. The van der Waals surface area contributed by atoms with E-state index in [0.717, 1.165) is 31.1 Å². The minimum atomic E-state index is 0.224. The Labute approximate surface area is 118 Å². The molecular weight excluding hydrogens is 250 g/mol. The van der Waals surface area contributed by atoms with Crippen molar-refractivity contribution >= 4 is 0 Å². The van der Waals surface area contributed by atoms with E-state index in [1.54, 1.807) is 0 Å². The molecule has 2 aliphatic carbocycles. The van der Waals surface area contributed by atoms with Crippen molar-refractivity contribution in [1.82, 2.24) is 10.1 Å². The van der Waals surface area contributed by atoms with Gasteiger partial charge in [-0.3, -0.25) is 0 Å². The molecule has 0 aliphatic heterocycles. The third-order valence-electron chi connectivity index (χ3n) is 5.02. The maximum atomic E-state index is 5.89. The van der Waals surface area contributed by atoms with Crippen molar-refractivity contribution in [3.05, 3.63) is 47.1 Å². The second kappa shape index (κ2) is 4.42. The topological polar surface area (TPSA) is 64.9 Å². The third kappa shape index (κ3) is 1.79. The van der Waals surface area contributed by atoms with Crippen LogP contribution in [0.15, 0.2) is 28.8 Å². The van der Waals surface area contributed by atoms with Crippen LogP contribution in [0.2, 0.25) is 0 Å². The molecule has 2 aliphatic rings. The first-order valence-corrected chi connectivity index (χ1v) is 7.40. The van der Waals surface area contributed by atoms with Crippen molar-refractivity contribution in [2.45, 2.75) is 38.0 Å². The van der Waals surface area contributed by atoms with E-state index in [2.05, 4.69) is 34.4 Å². The predicted octanol–water partition coefficient (Wildman–Crippen LogP) is 2.43. The molecule has 4 heteroatoms. The Kier molecular flexibility index (Phi) is 2.67. The Morgan fingerprint density at radius 1 is 1.30 bits per heavy atom. The number of benzene rings is 1. The van der Waals surface area contributed by atoms with E-state index in [1.807, 2.05) is 0 Å². The highest BCUT2D eigenvalue weighted by Gasteiger charge is 2.38. The summed E-state index contributed by atoms with van der Waals surface area (Å²) < 4.78 is 5.45. The minimum absolute atomic E-state index is 0.224. The molecule has 0 bridgehead atoms. The van der Waals surface area contributed by atoms with Crippen molar-refractivity contribution in [2.75, 3.05) is 6.54 Å². The summed E-state index contributed by atoms with van der Waals surface area (Å²) in [6.07, 6.45) is 5.51. The van der Waals surface area contributed by atoms with Crippen LogP contribution in [0.3, 0.4) is 0 Å². The summed E-state index contributed by atoms with van der Waals surface area (Å²) in [7, 11) is 0. The summed E-state index contributed by atoms with van der Waals surface area (Å²) in [4.78, 5) is 4.61. The summed E-state index contributed by atoms with van der Waals surface area (Å²) in [6, 6.07) is 8.49. The molecule has 104 valence electrons. The zero-order valence-electron chi connectivity index (χ0n) is 11.5. The van der Waals surface area contributed by atoms with Gasteiger partial charge in [-0.1, -0.05) is 35.8 Å². The maximum Gasteiger partial charge on any atom is 0.227 e. The van der Waals surface area contributed by atoms with Crippen LogP contribution < -0.4 is 5.73 Å². The third-order valence-corrected chi connectivity index (χ3v) is 5.02. The molecule has 1 unspecified atom stereocenters. The van der Waals surface area contributed by atoms with Crippen LogP contribution in [0.4, 0.5) is 0 Å². The second-order valence-corrected chi connectivity index (χ2v) is 6.24. The van der Waals surface area contributed by atoms with E-state index < -0.39 is 0 Å². The van der Waals surface area contributed by atoms with E-state index in [4.69, 9.17) is 10.3 Å². The molecular formula is C16H19N3O. The van der Waals surface area contributed by atoms with E-state index in [9.17, 15) is 0 Å². The molecule has 1 atom stereocenters. The van der Waals surface area contributed by atoms with Gasteiger partial charge in [-0.2, -0.15) is 4.98 Å². The number of hydrogen-bond acceptors (Lipinski definition) is 4. The van der Waals surface area contributed by atoms with Gasteiger partial charge in [0.2, 0.25) is 5.89 Å². The van der Waals surface area contributed by atoms with Crippen molar-refractivity contribution < 1.29 is 4.52 Å². The van der Waals surface area contributed by atoms with Crippen LogP contribution >= 0.6 is 0 Å². The van der Waals surface area contributed by atoms with E-state index in [0.29, 0.717) is 5.92 Å². The standard InChI is InChI=1S/C16H19N3O/c17-10-16(6-3-7-16)9-14-18-15(19-20-14)13-8-11-4-1-2-5-12(11)13/h1-2,4-5,13H,3,6-10,17H2. The largest absolute Gasteiger partial charge is 0.339 e. The van der Waals surface area contributed by atoms with E-state index in [1.165, 1.54) is 30.4 Å². The van der Waals surface area contributed by atoms with Crippen LogP contribution in [0.5, 0.6) is 0 Å². The molecule has 0 radical (unpaired) electrons. The molecule has 1 aromatic heterocycles. The number of aromatic nitrogens is 2. The van der Waals surface area contributed by atoms with Crippen LogP contribution in [0, 0.1) is 5.41 Å². The SMILES string of the molecule is NCC1(Cc2nc(C3Cc4ccccc43)no2)CCC1. The monoisotopic (exact) mass is 269 g/mol. The molecule has 0 saturated heterocycles. The van der Waals surface area contributed by atoms with Crippen molar-refractivity contribution in [3.8, 4) is 0 Å². The van der Waals surface area contributed by atoms with Crippen molar-refractivity contribution in [3.63, 3.8) is 0 Å². The summed E-state index contributed by atoms with van der Waals surface area (Å²) in [6.45, 7) is 0.719. The lowest BCUT2D eigenvalue weighted by Crippen LogP contribution is -2.39. The summed E-state index contributed by atoms with van der Waals surface area (Å²) in [5.74, 6) is 1.92. The van der Waals surface area contributed by atoms with E-state index >= 15 is 0 Å². The number of fused-ring (bicyclic) bond motifs is 1. The first-order valence-electron chi connectivity index (χ1n) is 7.40. The van der Waals surface area contributed by atoms with Gasteiger partial charge in [0.1, 0.15) is 0 Å². The summed E-state index contributed by atoms with van der Waals surface area (Å²) in [5.41, 5.74) is 8.87. The second-order valence-electron chi connectivity index (χ2n) is 6.24. The molecule has 4 nitrogen and oxygen atoms in total. The highest BCUT2D eigenvalue weighted by Crippen LogP contribution is 2.43. The Morgan fingerprint density at radius 3 is 2.85 bits per heavy atom. The maximum absolute atomic E-state index is 5.89. The first-order chi connectivity index (χ1) is 9.80. The Balaban J connectivity index is 1.52. The molecule has 4 rings (SSSR count). The molecule has 1 saturated carbocycles. The highest BCUT2D eigenvalue weighted by molar-refractivity contribution is 5.43. The minimum Gasteiger partial charge on any atom is -0.339 e. The molecule has 0 amide bonds. The first kappa shape index (κ1) is 12.1. The summed E-state index contributed by atoms with van der Waals surface area (Å²) >= 11 is 0. The lowest BCUT2D eigenvalue weighted by Gasteiger charge is -2.39. The van der Waals surface area contributed by atoms with Gasteiger partial charge in [-0.05, 0) is 42.3 Å². The van der Waals surface area contributed by atoms with Crippen molar-refractivity contribution in [2.24, 2.45) is 11.1 Å². The molecule has 20 heavy (non-hydrogen) atoms. The summed E-state index contributed by atoms with van der Waals surface area (Å²) in [5, 5.41) is 4.19. The van der Waals surface area contributed by atoms with Gasteiger partial charge in [0, 0.05) is 6.42 Å². The van der Waals surface area contributed by atoms with E-state index in [-0.39, 0.29) is 5.41 Å². The number of rotatable bonds is 4. The van der Waals surface area contributed by atoms with Crippen LogP contribution in [0.1, 0.15) is 48.0 Å². The number of nitrogens with two attached hydrogens (primary N) is 1. The lowest BCUT2D eigenvalue weighted by atomic mass is 9.67. The zero-order chi connectivity index (χ0) is 13.6. The zero-order valence-corrected chi connectivity index (χ0v) is 11.5. The normalized spacial score (nSPS) is 22.8. The Morgan fingerprint density at radius 2 is 2.15 bits per heavy atom. The predicted molar refractivity (Wildman–Crippen MR) is 75.3 cm³/mol.